The number of nitrogens with two attached hydrogens (primary N) is 1. The van der Waals surface area contributed by atoms with Crippen molar-refractivity contribution >= 4 is 16.9 Å². The number of carbonyl (C=O) groups excluding carboxylic acids is 1. The van der Waals surface area contributed by atoms with E-state index in [1.165, 1.54) is 12.4 Å². The molecule has 7 rings (SSSR count). The lowest BCUT2D eigenvalue weighted by molar-refractivity contribution is -0.145. The number of nitrogens with one attached hydrogen (secondary N) is 1. The minimum Gasteiger partial charge on any atom is -0.346 e. The third-order valence-corrected chi connectivity index (χ3v) is 8.76. The Kier molecular flexibility index (Phi) is 6.08. The number of alkyl halides is 3. The van der Waals surface area contributed by atoms with Crippen molar-refractivity contribution in [1.82, 2.24) is 44.5 Å². The van der Waals surface area contributed by atoms with Crippen molar-refractivity contribution in [3.8, 4) is 11.3 Å². The Morgan fingerprint density at radius 2 is 1.85 bits per heavy atom. The fourth-order valence-electron chi connectivity index (χ4n) is 6.04. The van der Waals surface area contributed by atoms with Gasteiger partial charge in [0.1, 0.15) is 17.7 Å². The summed E-state index contributed by atoms with van der Waals surface area (Å²) in [7, 11) is 0. The number of carbonyl (C=O) groups is 1. The van der Waals surface area contributed by atoms with Crippen molar-refractivity contribution in [3.05, 3.63) is 54.3 Å². The molecule has 5 heterocycles. The molecule has 1 amide bonds. The van der Waals surface area contributed by atoms with Crippen LogP contribution in [0.1, 0.15) is 60.2 Å². The smallest absolute Gasteiger partial charge is 0.346 e. The van der Waals surface area contributed by atoms with E-state index in [4.69, 9.17) is 5.73 Å². The lowest BCUT2D eigenvalue weighted by atomic mass is 9.75. The van der Waals surface area contributed by atoms with Gasteiger partial charge in [0.15, 0.2) is 0 Å². The van der Waals surface area contributed by atoms with Crippen LogP contribution in [0.25, 0.3) is 22.3 Å². The van der Waals surface area contributed by atoms with Crippen LogP contribution in [0.3, 0.4) is 0 Å². The molecule has 2 saturated carbocycles. The van der Waals surface area contributed by atoms with E-state index >= 15 is 0 Å². The quantitative estimate of drug-likeness (QED) is 0.376. The fraction of sp³-hybridized carbons (Fsp3) is 0.481. The molecule has 1 saturated heterocycles. The van der Waals surface area contributed by atoms with Crippen molar-refractivity contribution in [2.24, 2.45) is 5.73 Å². The monoisotopic (exact) mass is 566 g/mol. The molecule has 11 nitrogen and oxygen atoms in total. The summed E-state index contributed by atoms with van der Waals surface area (Å²) in [4.78, 5) is 36.2. The Bertz CT molecular complexity index is 1600. The fourth-order valence-corrected chi connectivity index (χ4v) is 6.04. The van der Waals surface area contributed by atoms with Gasteiger partial charge in [-0.3, -0.25) is 14.4 Å². The molecule has 0 atom stereocenters. The Morgan fingerprint density at radius 3 is 2.56 bits per heavy atom. The molecule has 0 unspecified atom stereocenters. The standard InChI is InChI=1S/C27H29F3N10O/c28-27(29,30)25-36-20(12-21(37-25)26(31)3-1-4-26)24(41)39-8-6-38(7-9-39)17-10-18(11-17)40-14-16(13-35-40)22-19-2-5-32-23(19)34-15-33-22/h2,5,12-15,17-18H,1,3-4,6-11,31H2,(H,32,33,34). The number of hydrogen-bond donors (Lipinski definition) is 2. The molecule has 41 heavy (non-hydrogen) atoms. The molecular formula is C27H29F3N10O. The molecule has 3 N–H and O–H groups in total. The highest BCUT2D eigenvalue weighted by molar-refractivity contribution is 5.92. The maximum absolute atomic E-state index is 13.5. The first kappa shape index (κ1) is 26.0. The summed E-state index contributed by atoms with van der Waals surface area (Å²) in [6.45, 7) is 2.12. The van der Waals surface area contributed by atoms with Crippen LogP contribution in [0.2, 0.25) is 0 Å². The topological polar surface area (TPSA) is 135 Å². The average Bonchev–Trinajstić information content (AvgIpc) is 3.60. The summed E-state index contributed by atoms with van der Waals surface area (Å²) < 4.78 is 42.6. The molecule has 4 aromatic rings. The maximum Gasteiger partial charge on any atom is 0.451 e. The highest BCUT2D eigenvalue weighted by atomic mass is 19.4. The Balaban J connectivity index is 0.975. The van der Waals surface area contributed by atoms with E-state index < -0.39 is 23.4 Å². The van der Waals surface area contributed by atoms with Crippen LogP contribution in [-0.2, 0) is 11.7 Å². The second-order valence-electron chi connectivity index (χ2n) is 11.2. The van der Waals surface area contributed by atoms with Gasteiger partial charge in [0, 0.05) is 55.6 Å². The number of fused-ring (bicyclic) bond motifs is 1. The number of halogens is 3. The van der Waals surface area contributed by atoms with Gasteiger partial charge < -0.3 is 15.6 Å². The first-order chi connectivity index (χ1) is 19.7. The molecule has 0 bridgehead atoms. The van der Waals surface area contributed by atoms with E-state index in [1.807, 2.05) is 29.3 Å². The highest BCUT2D eigenvalue weighted by Gasteiger charge is 2.42. The molecule has 3 aliphatic rings. The lowest BCUT2D eigenvalue weighted by Gasteiger charge is -2.46. The van der Waals surface area contributed by atoms with Crippen molar-refractivity contribution < 1.29 is 18.0 Å². The van der Waals surface area contributed by atoms with Crippen LogP contribution >= 0.6 is 0 Å². The summed E-state index contributed by atoms with van der Waals surface area (Å²) in [5.74, 6) is -1.83. The summed E-state index contributed by atoms with van der Waals surface area (Å²) in [5, 5.41) is 5.54. The molecule has 0 spiro atoms. The van der Waals surface area contributed by atoms with E-state index in [2.05, 4.69) is 34.9 Å². The highest BCUT2D eigenvalue weighted by Crippen LogP contribution is 2.40. The third kappa shape index (κ3) is 4.64. The summed E-state index contributed by atoms with van der Waals surface area (Å²) in [5.41, 5.74) is 7.73. The SMILES string of the molecule is NC1(c2cc(C(=O)N3CCN(C4CC(n5cc(-c6ncnc7[nH]ccc67)cn5)C4)CC3)nc(C(F)(F)F)n2)CCC1. The Labute approximate surface area is 233 Å². The van der Waals surface area contributed by atoms with Gasteiger partial charge in [0.05, 0.1) is 29.2 Å². The minimum absolute atomic E-state index is 0.0904. The second kappa shape index (κ2) is 9.58. The summed E-state index contributed by atoms with van der Waals surface area (Å²) in [6, 6.07) is 3.93. The minimum atomic E-state index is -4.76. The number of aromatic amines is 1. The molecule has 1 aliphatic heterocycles. The summed E-state index contributed by atoms with van der Waals surface area (Å²) in [6.07, 6.45) is 6.21. The molecular weight excluding hydrogens is 537 g/mol. The van der Waals surface area contributed by atoms with Crippen molar-refractivity contribution in [1.29, 1.82) is 0 Å². The van der Waals surface area contributed by atoms with E-state index in [0.29, 0.717) is 45.1 Å². The molecule has 214 valence electrons. The molecule has 3 fully saturated rings. The van der Waals surface area contributed by atoms with E-state index in [1.54, 1.807) is 4.90 Å². The number of aromatic nitrogens is 7. The molecule has 14 heteroatoms. The normalized spacial score (nSPS) is 22.9. The van der Waals surface area contributed by atoms with Gasteiger partial charge in [-0.15, -0.1) is 0 Å². The predicted octanol–water partition coefficient (Wildman–Crippen LogP) is 3.13. The zero-order valence-electron chi connectivity index (χ0n) is 22.2. The van der Waals surface area contributed by atoms with Crippen LogP contribution < -0.4 is 5.73 Å². The lowest BCUT2D eigenvalue weighted by Crippen LogP contribution is -2.55. The van der Waals surface area contributed by atoms with E-state index in [9.17, 15) is 18.0 Å². The maximum atomic E-state index is 13.5. The van der Waals surface area contributed by atoms with Gasteiger partial charge in [0.25, 0.3) is 5.91 Å². The molecule has 4 aromatic heterocycles. The van der Waals surface area contributed by atoms with Gasteiger partial charge in [0.2, 0.25) is 5.82 Å². The first-order valence-electron chi connectivity index (χ1n) is 13.8. The number of nitrogens with zero attached hydrogens (tertiary/aromatic N) is 8. The molecule has 0 aromatic carbocycles. The van der Waals surface area contributed by atoms with Crippen LogP contribution in [0.4, 0.5) is 13.2 Å². The first-order valence-corrected chi connectivity index (χ1v) is 13.8. The average molecular weight is 567 g/mol. The number of hydrogen-bond acceptors (Lipinski definition) is 8. The number of piperazine rings is 1. The third-order valence-electron chi connectivity index (χ3n) is 8.76. The molecule has 2 aliphatic carbocycles. The van der Waals surface area contributed by atoms with Gasteiger partial charge in [-0.1, -0.05) is 0 Å². The zero-order valence-corrected chi connectivity index (χ0v) is 22.2. The van der Waals surface area contributed by atoms with Crippen LogP contribution in [0.15, 0.2) is 37.1 Å². The van der Waals surface area contributed by atoms with Crippen LogP contribution in [0, 0.1) is 0 Å². The predicted molar refractivity (Wildman–Crippen MR) is 141 cm³/mol. The number of H-pyrrole nitrogens is 1. The van der Waals surface area contributed by atoms with Gasteiger partial charge in [-0.25, -0.2) is 19.9 Å². The van der Waals surface area contributed by atoms with E-state index in [0.717, 1.165) is 41.6 Å². The second-order valence-corrected chi connectivity index (χ2v) is 11.2. The Morgan fingerprint density at radius 1 is 1.07 bits per heavy atom. The van der Waals surface area contributed by atoms with Crippen molar-refractivity contribution in [2.45, 2.75) is 55.9 Å². The largest absolute Gasteiger partial charge is 0.451 e. The van der Waals surface area contributed by atoms with Gasteiger partial charge in [-0.05, 0) is 44.2 Å². The summed E-state index contributed by atoms with van der Waals surface area (Å²) >= 11 is 0. The van der Waals surface area contributed by atoms with Crippen LogP contribution in [0.5, 0.6) is 0 Å². The number of amides is 1. The van der Waals surface area contributed by atoms with Gasteiger partial charge >= 0.3 is 6.18 Å². The molecule has 0 radical (unpaired) electrons. The Hall–Kier alpha value is -3.91. The zero-order chi connectivity index (χ0) is 28.4. The van der Waals surface area contributed by atoms with Crippen molar-refractivity contribution in [2.75, 3.05) is 26.2 Å². The van der Waals surface area contributed by atoms with Crippen molar-refractivity contribution in [3.63, 3.8) is 0 Å². The van der Waals surface area contributed by atoms with E-state index in [-0.39, 0.29) is 17.4 Å². The number of rotatable bonds is 5. The van der Waals surface area contributed by atoms with Crippen LogP contribution in [-0.4, -0.2) is 82.6 Å². The van der Waals surface area contributed by atoms with Gasteiger partial charge in [-0.2, -0.15) is 18.3 Å².